The zero-order valence-corrected chi connectivity index (χ0v) is 36.9. The average molecular weight is 923 g/mol. The predicted octanol–water partition coefficient (Wildman–Crippen LogP) is 6.70. The van der Waals surface area contributed by atoms with Crippen molar-refractivity contribution in [2.45, 2.75) is 75.8 Å². The van der Waals surface area contributed by atoms with Gasteiger partial charge in [0, 0.05) is 97.7 Å². The molecule has 66 heavy (non-hydrogen) atoms. The van der Waals surface area contributed by atoms with Gasteiger partial charge >= 0.3 is 10.2 Å². The summed E-state index contributed by atoms with van der Waals surface area (Å²) in [6.45, 7) is 7.35. The van der Waals surface area contributed by atoms with E-state index >= 15 is 8.78 Å². The summed E-state index contributed by atoms with van der Waals surface area (Å²) in [4.78, 5) is 53.5. The van der Waals surface area contributed by atoms with E-state index in [1.54, 1.807) is 17.2 Å². The number of piperazine rings is 1. The van der Waals surface area contributed by atoms with Gasteiger partial charge in [-0.1, -0.05) is 18.7 Å². The van der Waals surface area contributed by atoms with E-state index in [0.717, 1.165) is 90.9 Å². The number of amides is 2. The number of carbonyl (C=O) groups is 3. The number of halogens is 3. The SMILES string of the molecule is C=C1CCC(N2Cc3cc(OC4CCC(N5CCN(c6ccc(-c7cnc8[nH]cc(C(=O)c9c(F)ccc(NS(=O)(=O)N%10CC[C@@H](F)C%10)c9F)c8c7)cc6)CC5)CC4)ccc3C2=O)C(=O)N1. The number of ketones is 1. The summed E-state index contributed by atoms with van der Waals surface area (Å²) in [5.74, 6) is -3.09. The number of benzene rings is 3. The van der Waals surface area contributed by atoms with E-state index in [9.17, 15) is 27.2 Å². The molecule has 4 fully saturated rings. The lowest BCUT2D eigenvalue weighted by Crippen LogP contribution is -2.51. The topological polar surface area (TPSA) is 160 Å². The fourth-order valence-corrected chi connectivity index (χ4v) is 11.3. The van der Waals surface area contributed by atoms with E-state index in [2.05, 4.69) is 31.7 Å². The van der Waals surface area contributed by atoms with Crippen LogP contribution in [0.4, 0.5) is 24.5 Å². The van der Waals surface area contributed by atoms with Crippen LogP contribution in [0.5, 0.6) is 5.75 Å². The molecular formula is C48H49F3N8O6S. The van der Waals surface area contributed by atoms with Crippen molar-refractivity contribution in [3.8, 4) is 16.9 Å². The number of anilines is 2. The number of nitrogens with zero attached hydrogens (tertiary/aromatic N) is 5. The van der Waals surface area contributed by atoms with Crippen molar-refractivity contribution in [3.63, 3.8) is 0 Å². The summed E-state index contributed by atoms with van der Waals surface area (Å²) in [5, 5.41) is 3.12. The Kier molecular flexibility index (Phi) is 11.6. The molecule has 344 valence electrons. The molecule has 0 bridgehead atoms. The fourth-order valence-electron chi connectivity index (χ4n) is 10.1. The maximum Gasteiger partial charge on any atom is 0.301 e. The van der Waals surface area contributed by atoms with Crippen LogP contribution in [0.15, 0.2) is 85.3 Å². The van der Waals surface area contributed by atoms with E-state index in [1.807, 2.05) is 47.2 Å². The molecule has 14 nitrogen and oxygen atoms in total. The third-order valence-corrected chi connectivity index (χ3v) is 15.2. The average Bonchev–Trinajstić information content (AvgIpc) is 4.04. The Morgan fingerprint density at radius 3 is 2.39 bits per heavy atom. The van der Waals surface area contributed by atoms with Gasteiger partial charge in [-0.05, 0) is 105 Å². The highest BCUT2D eigenvalue weighted by Gasteiger charge is 2.39. The number of hydrogen-bond donors (Lipinski definition) is 3. The number of piperidine rings is 1. The van der Waals surface area contributed by atoms with Gasteiger partial charge in [0.2, 0.25) is 11.7 Å². The first-order valence-corrected chi connectivity index (χ1v) is 23.8. The second-order valence-corrected chi connectivity index (χ2v) is 19.5. The Morgan fingerprint density at radius 2 is 1.67 bits per heavy atom. The summed E-state index contributed by atoms with van der Waals surface area (Å²) in [7, 11) is -4.35. The van der Waals surface area contributed by atoms with Gasteiger partial charge in [-0.2, -0.15) is 12.7 Å². The van der Waals surface area contributed by atoms with Gasteiger partial charge in [0.15, 0.2) is 5.82 Å². The lowest BCUT2D eigenvalue weighted by molar-refractivity contribution is -0.126. The number of ether oxygens (including phenoxy) is 1. The van der Waals surface area contributed by atoms with Crippen LogP contribution in [-0.4, -0.2) is 114 Å². The number of rotatable bonds is 11. The summed E-state index contributed by atoms with van der Waals surface area (Å²) in [5.41, 5.74) is 3.51. The molecule has 1 aliphatic carbocycles. The zero-order valence-electron chi connectivity index (χ0n) is 36.1. The maximum atomic E-state index is 15.8. The minimum atomic E-state index is -4.35. The molecule has 4 aliphatic heterocycles. The molecule has 3 N–H and O–H groups in total. The number of alkyl halides is 1. The Labute approximate surface area is 380 Å². The largest absolute Gasteiger partial charge is 0.490 e. The van der Waals surface area contributed by atoms with Crippen molar-refractivity contribution in [1.82, 2.24) is 29.4 Å². The lowest BCUT2D eigenvalue weighted by Gasteiger charge is -2.42. The molecular weight excluding hydrogens is 874 g/mol. The molecule has 0 radical (unpaired) electrons. The van der Waals surface area contributed by atoms with Crippen molar-refractivity contribution < 1.29 is 40.7 Å². The van der Waals surface area contributed by atoms with E-state index in [-0.39, 0.29) is 43.0 Å². The van der Waals surface area contributed by atoms with Crippen molar-refractivity contribution in [1.29, 1.82) is 0 Å². The Morgan fingerprint density at radius 1 is 0.894 bits per heavy atom. The van der Waals surface area contributed by atoms with Crippen LogP contribution in [0, 0.1) is 11.6 Å². The highest BCUT2D eigenvalue weighted by molar-refractivity contribution is 7.90. The quantitative estimate of drug-likeness (QED) is 0.123. The molecule has 1 saturated carbocycles. The molecule has 18 heteroatoms. The summed E-state index contributed by atoms with van der Waals surface area (Å²) in [6, 6.07) is 17.1. The van der Waals surface area contributed by atoms with Crippen LogP contribution >= 0.6 is 0 Å². The number of hydrogen-bond acceptors (Lipinski definition) is 9. The van der Waals surface area contributed by atoms with E-state index in [4.69, 9.17) is 4.74 Å². The van der Waals surface area contributed by atoms with Gasteiger partial charge in [-0.25, -0.2) is 18.2 Å². The Bertz CT molecular complexity index is 2860. The molecule has 3 saturated heterocycles. The van der Waals surface area contributed by atoms with Crippen LogP contribution < -0.4 is 19.7 Å². The standard InChI is InChI=1S/C48H49F3N8O6S/c1-28-2-15-42(47(61)54-28)59-26-31-22-36(11-12-37(31)48(59)62)65-35-9-7-34(8-10-35)57-20-18-56(19-21-57)33-5-3-29(4-6-33)30-23-38-39(25-53-46(38)52-24-30)45(60)43-40(50)13-14-41(44(43)51)55-66(63,64)58-17-16-32(49)27-58/h3-6,11-14,22-25,32,34-35,42,55H,1-2,7-10,15-21,26-27H2,(H,52,53)(H,54,61)/t32-,34?,35?,42?/m1/s1. The van der Waals surface area contributed by atoms with Crippen LogP contribution in [0.2, 0.25) is 0 Å². The van der Waals surface area contributed by atoms with Gasteiger partial charge in [0.05, 0.1) is 17.4 Å². The first kappa shape index (κ1) is 43.6. The second kappa shape index (κ2) is 17.5. The molecule has 5 aromatic rings. The van der Waals surface area contributed by atoms with Crippen molar-refractivity contribution in [2.24, 2.45) is 0 Å². The number of aromatic nitrogens is 2. The van der Waals surface area contributed by atoms with Gasteiger partial charge in [0.1, 0.15) is 29.4 Å². The number of pyridine rings is 1. The normalized spacial score (nSPS) is 23.0. The van der Waals surface area contributed by atoms with Crippen LogP contribution in [-0.2, 0) is 21.5 Å². The Hall–Kier alpha value is -6.24. The molecule has 2 atom stereocenters. The minimum absolute atomic E-state index is 0.00460. The van der Waals surface area contributed by atoms with Crippen molar-refractivity contribution in [3.05, 3.63) is 119 Å². The van der Waals surface area contributed by atoms with Crippen LogP contribution in [0.25, 0.3) is 22.2 Å². The van der Waals surface area contributed by atoms with Crippen molar-refractivity contribution >= 4 is 50.2 Å². The van der Waals surface area contributed by atoms with Gasteiger partial charge in [-0.15, -0.1) is 0 Å². The molecule has 2 aromatic heterocycles. The minimum Gasteiger partial charge on any atom is -0.490 e. The zero-order chi connectivity index (χ0) is 45.9. The number of nitrogens with one attached hydrogen (secondary N) is 3. The monoisotopic (exact) mass is 922 g/mol. The maximum absolute atomic E-state index is 15.8. The number of fused-ring (bicyclic) bond motifs is 2. The summed E-state index contributed by atoms with van der Waals surface area (Å²) >= 11 is 0. The Balaban J connectivity index is 0.732. The lowest BCUT2D eigenvalue weighted by atomic mass is 9.91. The smallest absolute Gasteiger partial charge is 0.301 e. The summed E-state index contributed by atoms with van der Waals surface area (Å²) < 4.78 is 79.6. The third kappa shape index (κ3) is 8.41. The van der Waals surface area contributed by atoms with Gasteiger partial charge in [0.25, 0.3) is 5.91 Å². The van der Waals surface area contributed by atoms with E-state index in [0.29, 0.717) is 53.3 Å². The number of carbonyl (C=O) groups excluding carboxylic acids is 3. The first-order valence-electron chi connectivity index (χ1n) is 22.4. The first-order chi connectivity index (χ1) is 31.8. The van der Waals surface area contributed by atoms with E-state index < -0.39 is 51.1 Å². The second-order valence-electron chi connectivity index (χ2n) is 17.8. The third-order valence-electron chi connectivity index (χ3n) is 13.7. The fraction of sp³-hybridized carbons (Fsp3) is 0.375. The molecule has 0 spiro atoms. The van der Waals surface area contributed by atoms with Crippen molar-refractivity contribution in [2.75, 3.05) is 48.9 Å². The number of aromatic amines is 1. The van der Waals surface area contributed by atoms with Gasteiger partial charge < -0.3 is 24.8 Å². The molecule has 10 rings (SSSR count). The highest BCUT2D eigenvalue weighted by Crippen LogP contribution is 2.35. The summed E-state index contributed by atoms with van der Waals surface area (Å²) in [6.07, 6.45) is 6.89. The predicted molar refractivity (Wildman–Crippen MR) is 242 cm³/mol. The van der Waals surface area contributed by atoms with E-state index in [1.165, 1.54) is 6.20 Å². The number of H-pyrrole nitrogens is 1. The van der Waals surface area contributed by atoms with Gasteiger partial charge in [-0.3, -0.25) is 24.0 Å². The molecule has 2 amide bonds. The molecule has 1 unspecified atom stereocenters. The molecule has 3 aromatic carbocycles. The molecule has 5 aliphatic rings. The highest BCUT2D eigenvalue weighted by atomic mass is 32.2. The number of allylic oxidation sites excluding steroid dienone is 1. The molecule has 6 heterocycles. The van der Waals surface area contributed by atoms with Crippen LogP contribution in [0.3, 0.4) is 0 Å². The van der Waals surface area contributed by atoms with Crippen LogP contribution in [0.1, 0.15) is 76.8 Å².